The maximum Gasteiger partial charge on any atom is 0.328 e. The molecule has 0 fully saturated rings. The fraction of sp³-hybridized carbons (Fsp3) is 0.312. The zero-order chi connectivity index (χ0) is 19.1. The molecule has 0 spiro atoms. The molecule has 0 saturated carbocycles. The van der Waals surface area contributed by atoms with Gasteiger partial charge in [0, 0.05) is 6.92 Å². The molecule has 1 aromatic heterocycles. The van der Waals surface area contributed by atoms with Crippen LogP contribution >= 0.6 is 0 Å². The van der Waals surface area contributed by atoms with E-state index in [1.54, 1.807) is 24.3 Å². The Morgan fingerprint density at radius 1 is 1.27 bits per heavy atom. The van der Waals surface area contributed by atoms with Crippen molar-refractivity contribution in [1.82, 2.24) is 15.5 Å². The molecule has 0 aliphatic heterocycles. The number of rotatable bonds is 7. The van der Waals surface area contributed by atoms with Crippen molar-refractivity contribution in [2.24, 2.45) is 0 Å². The van der Waals surface area contributed by atoms with Gasteiger partial charge < -0.3 is 24.6 Å². The number of hydrogen-bond donors (Lipinski definition) is 2. The maximum absolute atomic E-state index is 11.9. The third kappa shape index (κ3) is 5.03. The average Bonchev–Trinajstić information content (AvgIpc) is 3.08. The van der Waals surface area contributed by atoms with Crippen molar-refractivity contribution in [2.75, 3.05) is 12.4 Å². The first-order valence-corrected chi connectivity index (χ1v) is 7.61. The highest BCUT2D eigenvalue weighted by atomic mass is 16.5. The van der Waals surface area contributed by atoms with E-state index >= 15 is 0 Å². The van der Waals surface area contributed by atoms with E-state index in [1.165, 1.54) is 21.0 Å². The predicted octanol–water partition coefficient (Wildman–Crippen LogP) is 0.898. The third-order valence-electron chi connectivity index (χ3n) is 3.12. The Morgan fingerprint density at radius 3 is 2.69 bits per heavy atom. The highest BCUT2D eigenvalue weighted by molar-refractivity contribution is 5.92. The molecule has 0 radical (unpaired) electrons. The van der Waals surface area contributed by atoms with Crippen LogP contribution in [-0.2, 0) is 20.9 Å². The zero-order valence-electron chi connectivity index (χ0n) is 14.4. The van der Waals surface area contributed by atoms with Crippen molar-refractivity contribution < 1.29 is 28.4 Å². The number of esters is 1. The smallest absolute Gasteiger partial charge is 0.328 e. The normalized spacial score (nSPS) is 11.3. The van der Waals surface area contributed by atoms with Gasteiger partial charge in [0.2, 0.25) is 11.7 Å². The summed E-state index contributed by atoms with van der Waals surface area (Å²) < 4.78 is 14.9. The van der Waals surface area contributed by atoms with Crippen molar-refractivity contribution in [3.8, 4) is 5.75 Å². The number of aromatic nitrogens is 2. The van der Waals surface area contributed by atoms with Gasteiger partial charge in [0.15, 0.2) is 6.61 Å². The second kappa shape index (κ2) is 8.60. The summed E-state index contributed by atoms with van der Waals surface area (Å²) in [6.45, 7) is 2.76. The van der Waals surface area contributed by atoms with Crippen LogP contribution in [-0.4, -0.2) is 41.1 Å². The van der Waals surface area contributed by atoms with Crippen LogP contribution in [0.4, 0.5) is 5.69 Å². The van der Waals surface area contributed by atoms with E-state index in [1.807, 2.05) is 0 Å². The summed E-state index contributed by atoms with van der Waals surface area (Å²) in [6.07, 6.45) is 0. The van der Waals surface area contributed by atoms with Crippen LogP contribution in [0.5, 0.6) is 5.75 Å². The lowest BCUT2D eigenvalue weighted by molar-refractivity contribution is -0.142. The monoisotopic (exact) mass is 362 g/mol. The van der Waals surface area contributed by atoms with E-state index in [0.717, 1.165) is 0 Å². The van der Waals surface area contributed by atoms with E-state index in [9.17, 15) is 14.4 Å². The first-order chi connectivity index (χ1) is 12.4. The van der Waals surface area contributed by atoms with E-state index in [2.05, 4.69) is 25.5 Å². The molecule has 0 aliphatic carbocycles. The van der Waals surface area contributed by atoms with Gasteiger partial charge in [-0.25, -0.2) is 4.79 Å². The first-order valence-electron chi connectivity index (χ1n) is 7.61. The van der Waals surface area contributed by atoms with E-state index in [-0.39, 0.29) is 24.2 Å². The molecule has 0 aliphatic rings. The summed E-state index contributed by atoms with van der Waals surface area (Å²) in [7, 11) is 1.21. The molecule has 1 unspecified atom stereocenters. The summed E-state index contributed by atoms with van der Waals surface area (Å²) >= 11 is 0. The molecule has 0 bridgehead atoms. The van der Waals surface area contributed by atoms with Gasteiger partial charge in [0.25, 0.3) is 0 Å². The SMILES string of the molecule is COC(=O)C(C)NC(=O)c1nc(COc2ccccc2NC(C)=O)no1. The van der Waals surface area contributed by atoms with Crippen molar-refractivity contribution in [1.29, 1.82) is 0 Å². The topological polar surface area (TPSA) is 133 Å². The van der Waals surface area contributed by atoms with E-state index in [0.29, 0.717) is 11.4 Å². The van der Waals surface area contributed by atoms with Crippen LogP contribution in [0.2, 0.25) is 0 Å². The molecule has 2 amide bonds. The number of hydrogen-bond acceptors (Lipinski definition) is 8. The van der Waals surface area contributed by atoms with Crippen molar-refractivity contribution in [3.05, 3.63) is 36.0 Å². The molecule has 10 nitrogen and oxygen atoms in total. The molecule has 138 valence electrons. The number of anilines is 1. The predicted molar refractivity (Wildman–Crippen MR) is 88.3 cm³/mol. The highest BCUT2D eigenvalue weighted by Crippen LogP contribution is 2.24. The van der Waals surface area contributed by atoms with Crippen LogP contribution in [0.15, 0.2) is 28.8 Å². The second-order valence-electron chi connectivity index (χ2n) is 5.20. The number of para-hydroxylation sites is 2. The standard InChI is InChI=1S/C16H18N4O6/c1-9(16(23)24-3)17-14(22)15-19-13(20-26-15)8-25-12-7-5-4-6-11(12)18-10(2)21/h4-7,9H,8H2,1-3H3,(H,17,22)(H,18,21). The lowest BCUT2D eigenvalue weighted by atomic mass is 10.3. The number of nitrogens with zero attached hydrogens (tertiary/aromatic N) is 2. The number of methoxy groups -OCH3 is 1. The van der Waals surface area contributed by atoms with Gasteiger partial charge in [-0.2, -0.15) is 4.98 Å². The molecule has 1 heterocycles. The molecule has 0 saturated heterocycles. The molecular weight excluding hydrogens is 344 g/mol. The number of carbonyl (C=O) groups excluding carboxylic acids is 3. The molecule has 10 heteroatoms. The zero-order valence-corrected chi connectivity index (χ0v) is 14.4. The van der Waals surface area contributed by atoms with Gasteiger partial charge in [-0.05, 0) is 19.1 Å². The van der Waals surface area contributed by atoms with Crippen LogP contribution in [0, 0.1) is 0 Å². The van der Waals surface area contributed by atoms with E-state index < -0.39 is 17.9 Å². The van der Waals surface area contributed by atoms with Gasteiger partial charge >= 0.3 is 17.8 Å². The number of benzene rings is 1. The summed E-state index contributed by atoms with van der Waals surface area (Å²) in [5.74, 6) is -1.32. The number of amides is 2. The van der Waals surface area contributed by atoms with Crippen molar-refractivity contribution in [3.63, 3.8) is 0 Å². The van der Waals surface area contributed by atoms with Gasteiger partial charge in [-0.3, -0.25) is 9.59 Å². The Kier molecular flexibility index (Phi) is 6.25. The quantitative estimate of drug-likeness (QED) is 0.694. The minimum absolute atomic E-state index is 0.0834. The Hall–Kier alpha value is -3.43. The third-order valence-corrected chi connectivity index (χ3v) is 3.12. The molecule has 1 aromatic carbocycles. The Balaban J connectivity index is 1.98. The summed E-state index contributed by atoms with van der Waals surface area (Å²) in [5, 5.41) is 8.64. The minimum atomic E-state index is -0.858. The Labute approximate surface area is 148 Å². The van der Waals surface area contributed by atoms with E-state index in [4.69, 9.17) is 9.26 Å². The van der Waals surface area contributed by atoms with Crippen molar-refractivity contribution >= 4 is 23.5 Å². The molecular formula is C16H18N4O6. The average molecular weight is 362 g/mol. The summed E-state index contributed by atoms with van der Waals surface area (Å²) in [5.41, 5.74) is 0.494. The molecule has 2 aromatic rings. The van der Waals surface area contributed by atoms with Gasteiger partial charge in [-0.1, -0.05) is 17.3 Å². The number of ether oxygens (including phenoxy) is 2. The minimum Gasteiger partial charge on any atom is -0.483 e. The van der Waals surface area contributed by atoms with Crippen molar-refractivity contribution in [2.45, 2.75) is 26.5 Å². The number of carbonyl (C=O) groups is 3. The second-order valence-corrected chi connectivity index (χ2v) is 5.20. The van der Waals surface area contributed by atoms with Crippen LogP contribution in [0.25, 0.3) is 0 Å². The van der Waals surface area contributed by atoms with Crippen LogP contribution in [0.3, 0.4) is 0 Å². The lowest BCUT2D eigenvalue weighted by Crippen LogP contribution is -2.39. The molecule has 2 rings (SSSR count). The van der Waals surface area contributed by atoms with Crippen LogP contribution < -0.4 is 15.4 Å². The number of nitrogens with one attached hydrogen (secondary N) is 2. The maximum atomic E-state index is 11.9. The first kappa shape index (κ1) is 18.9. The van der Waals surface area contributed by atoms with Crippen LogP contribution in [0.1, 0.15) is 30.4 Å². The molecule has 1 atom stereocenters. The fourth-order valence-corrected chi connectivity index (χ4v) is 1.93. The summed E-state index contributed by atoms with van der Waals surface area (Å²) in [6, 6.07) is 5.97. The molecule has 26 heavy (non-hydrogen) atoms. The Bertz CT molecular complexity index is 804. The fourth-order valence-electron chi connectivity index (χ4n) is 1.93. The highest BCUT2D eigenvalue weighted by Gasteiger charge is 2.21. The van der Waals surface area contributed by atoms with Gasteiger partial charge in [-0.15, -0.1) is 0 Å². The summed E-state index contributed by atoms with van der Waals surface area (Å²) in [4.78, 5) is 38.3. The molecule has 2 N–H and O–H groups in total. The van der Waals surface area contributed by atoms with Gasteiger partial charge in [0.05, 0.1) is 12.8 Å². The van der Waals surface area contributed by atoms with Gasteiger partial charge in [0.1, 0.15) is 11.8 Å². The lowest BCUT2D eigenvalue weighted by Gasteiger charge is -2.09. The Morgan fingerprint density at radius 2 is 2.00 bits per heavy atom. The largest absolute Gasteiger partial charge is 0.483 e.